The van der Waals surface area contributed by atoms with Crippen molar-refractivity contribution in [1.82, 2.24) is 5.32 Å². The van der Waals surface area contributed by atoms with Crippen molar-refractivity contribution < 1.29 is 9.90 Å². The van der Waals surface area contributed by atoms with Crippen LogP contribution in [0.15, 0.2) is 12.1 Å². The van der Waals surface area contributed by atoms with Gasteiger partial charge in [-0.25, -0.2) is 0 Å². The zero-order valence-corrected chi connectivity index (χ0v) is 19.2. The van der Waals surface area contributed by atoms with Gasteiger partial charge in [0.05, 0.1) is 6.10 Å². The van der Waals surface area contributed by atoms with Crippen molar-refractivity contribution in [3.05, 3.63) is 34.4 Å². The first-order valence-corrected chi connectivity index (χ1v) is 12.3. The molecule has 1 saturated heterocycles. The van der Waals surface area contributed by atoms with Crippen LogP contribution < -0.4 is 5.32 Å². The second-order valence-electron chi connectivity index (χ2n) is 11.4. The predicted octanol–water partition coefficient (Wildman–Crippen LogP) is 4.88. The van der Waals surface area contributed by atoms with E-state index in [1.165, 1.54) is 30.4 Å². The molecule has 2 N–H and O–H groups in total. The van der Waals surface area contributed by atoms with Crippen LogP contribution in [0.2, 0.25) is 0 Å². The molecule has 0 amide bonds. The summed E-state index contributed by atoms with van der Waals surface area (Å²) in [5.74, 6) is 3.32. The lowest BCUT2D eigenvalue weighted by atomic mass is 9.52. The fourth-order valence-electron chi connectivity index (χ4n) is 7.88. The van der Waals surface area contributed by atoms with Gasteiger partial charge in [0.25, 0.3) is 0 Å². The van der Waals surface area contributed by atoms with Gasteiger partial charge in [0, 0.05) is 18.9 Å². The molecule has 3 fully saturated rings. The number of aliphatic hydroxyl groups is 1. The van der Waals surface area contributed by atoms with Crippen LogP contribution in [0.1, 0.15) is 93.4 Å². The molecule has 8 atom stereocenters. The Bertz CT molecular complexity index is 848. The van der Waals surface area contributed by atoms with Crippen LogP contribution in [0.25, 0.3) is 0 Å². The molecular weight excluding hydrogens is 370 g/mol. The van der Waals surface area contributed by atoms with Gasteiger partial charge in [0.1, 0.15) is 5.78 Å². The number of piperidine rings is 1. The Labute approximate surface area is 182 Å². The van der Waals surface area contributed by atoms with E-state index in [4.69, 9.17) is 0 Å². The van der Waals surface area contributed by atoms with Gasteiger partial charge in [-0.05, 0) is 103 Å². The van der Waals surface area contributed by atoms with E-state index in [9.17, 15) is 9.90 Å². The van der Waals surface area contributed by atoms with Gasteiger partial charge in [-0.1, -0.05) is 32.9 Å². The highest BCUT2D eigenvalue weighted by atomic mass is 16.3. The van der Waals surface area contributed by atoms with Crippen LogP contribution in [0, 0.1) is 30.1 Å². The lowest BCUT2D eigenvalue weighted by Gasteiger charge is -2.51. The monoisotopic (exact) mass is 409 g/mol. The topological polar surface area (TPSA) is 49.3 Å². The maximum absolute atomic E-state index is 12.1. The Morgan fingerprint density at radius 3 is 2.80 bits per heavy atom. The molecule has 1 aromatic carbocycles. The highest BCUT2D eigenvalue weighted by Crippen LogP contribution is 2.61. The van der Waals surface area contributed by atoms with E-state index in [2.05, 4.69) is 45.1 Å². The summed E-state index contributed by atoms with van der Waals surface area (Å²) in [6.45, 7) is 10.3. The summed E-state index contributed by atoms with van der Waals surface area (Å²) in [4.78, 5) is 12.1. The van der Waals surface area contributed by atoms with E-state index in [1.54, 1.807) is 11.1 Å². The summed E-state index contributed by atoms with van der Waals surface area (Å²) in [6, 6.07) is 4.94. The number of hydrogen-bond acceptors (Lipinski definition) is 3. The SMILES string of the molecule is Cc1c([C@H](C)[C@@H]2NC[C@@H](C)C[C@H]2O)ccc2c1C[C@H]1[C@H]2CCC2CC(=O)CC[C@@]21C. The Morgan fingerprint density at radius 2 is 2.03 bits per heavy atom. The van der Waals surface area contributed by atoms with Crippen molar-refractivity contribution in [1.29, 1.82) is 0 Å². The third-order valence-corrected chi connectivity index (χ3v) is 9.80. The molecule has 2 saturated carbocycles. The summed E-state index contributed by atoms with van der Waals surface area (Å²) in [5.41, 5.74) is 6.39. The first kappa shape index (κ1) is 20.7. The Morgan fingerprint density at radius 1 is 1.23 bits per heavy atom. The van der Waals surface area contributed by atoms with Gasteiger partial charge in [0.15, 0.2) is 0 Å². The molecule has 0 radical (unpaired) electrons. The van der Waals surface area contributed by atoms with Crippen LogP contribution in [0.4, 0.5) is 0 Å². The molecule has 3 nitrogen and oxygen atoms in total. The van der Waals surface area contributed by atoms with Gasteiger partial charge in [-0.15, -0.1) is 0 Å². The molecule has 1 unspecified atom stereocenters. The van der Waals surface area contributed by atoms with Crippen LogP contribution in [0.3, 0.4) is 0 Å². The van der Waals surface area contributed by atoms with Gasteiger partial charge in [-0.3, -0.25) is 4.79 Å². The maximum atomic E-state index is 12.1. The molecular formula is C27H39NO2. The molecule has 0 bridgehead atoms. The fourth-order valence-corrected chi connectivity index (χ4v) is 7.88. The van der Waals surface area contributed by atoms with E-state index in [0.29, 0.717) is 40.8 Å². The normalized spacial score (nSPS) is 41.7. The van der Waals surface area contributed by atoms with Gasteiger partial charge >= 0.3 is 0 Å². The van der Waals surface area contributed by atoms with E-state index in [1.807, 2.05) is 0 Å². The number of nitrogens with one attached hydrogen (secondary N) is 1. The molecule has 1 heterocycles. The highest BCUT2D eigenvalue weighted by Gasteiger charge is 2.53. The molecule has 0 spiro atoms. The number of carbonyl (C=O) groups excluding carboxylic acids is 1. The van der Waals surface area contributed by atoms with Crippen LogP contribution in [0.5, 0.6) is 0 Å². The standard InChI is InChI=1S/C27H39NO2/c1-15-11-25(30)26(28-14-15)17(3)20-7-8-21-22-6-5-18-12-19(29)9-10-27(18,4)24(22)13-23(21)16(20)2/h7-8,15,17-18,22,24-26,28,30H,5-6,9-14H2,1-4H3/t15-,17-,18?,22-,24-,25+,26-,27-/m0/s1. The second-order valence-corrected chi connectivity index (χ2v) is 11.4. The smallest absolute Gasteiger partial charge is 0.133 e. The number of hydrogen-bond donors (Lipinski definition) is 2. The Hall–Kier alpha value is -1.19. The van der Waals surface area contributed by atoms with Crippen molar-refractivity contribution >= 4 is 5.78 Å². The molecule has 1 aromatic rings. The lowest BCUT2D eigenvalue weighted by molar-refractivity contribution is -0.128. The number of carbonyl (C=O) groups is 1. The number of fused-ring (bicyclic) bond motifs is 5. The first-order valence-electron chi connectivity index (χ1n) is 12.3. The Balaban J connectivity index is 1.43. The van der Waals surface area contributed by atoms with Crippen molar-refractivity contribution in [2.75, 3.05) is 6.54 Å². The minimum Gasteiger partial charge on any atom is -0.391 e. The van der Waals surface area contributed by atoms with E-state index < -0.39 is 0 Å². The van der Waals surface area contributed by atoms with Crippen molar-refractivity contribution in [2.24, 2.45) is 23.2 Å². The van der Waals surface area contributed by atoms with Crippen molar-refractivity contribution in [2.45, 2.75) is 96.6 Å². The van der Waals surface area contributed by atoms with E-state index >= 15 is 0 Å². The van der Waals surface area contributed by atoms with Crippen LogP contribution in [-0.4, -0.2) is 29.6 Å². The average Bonchev–Trinajstić information content (AvgIpc) is 3.09. The molecule has 1 aliphatic heterocycles. The molecule has 0 aromatic heterocycles. The summed E-state index contributed by atoms with van der Waals surface area (Å²) in [6.07, 6.45) is 6.98. The first-order chi connectivity index (χ1) is 14.3. The highest BCUT2D eigenvalue weighted by molar-refractivity contribution is 5.79. The van der Waals surface area contributed by atoms with E-state index in [0.717, 1.165) is 32.2 Å². The molecule has 164 valence electrons. The fraction of sp³-hybridized carbons (Fsp3) is 0.741. The average molecular weight is 410 g/mol. The van der Waals surface area contributed by atoms with Gasteiger partial charge in [-0.2, -0.15) is 0 Å². The van der Waals surface area contributed by atoms with Crippen molar-refractivity contribution in [3.8, 4) is 0 Å². The second kappa shape index (κ2) is 7.45. The molecule has 3 aliphatic carbocycles. The molecule has 5 rings (SSSR count). The lowest BCUT2D eigenvalue weighted by Crippen LogP contribution is -2.50. The molecule has 3 heteroatoms. The summed E-state index contributed by atoms with van der Waals surface area (Å²) in [7, 11) is 0. The third kappa shape index (κ3) is 3.11. The summed E-state index contributed by atoms with van der Waals surface area (Å²) < 4.78 is 0. The van der Waals surface area contributed by atoms with Crippen LogP contribution in [-0.2, 0) is 11.2 Å². The van der Waals surface area contributed by atoms with Gasteiger partial charge < -0.3 is 10.4 Å². The van der Waals surface area contributed by atoms with Crippen LogP contribution >= 0.6 is 0 Å². The van der Waals surface area contributed by atoms with Crippen molar-refractivity contribution in [3.63, 3.8) is 0 Å². The minimum absolute atomic E-state index is 0.146. The zero-order chi connectivity index (χ0) is 21.2. The molecule has 30 heavy (non-hydrogen) atoms. The number of ketones is 1. The summed E-state index contributed by atoms with van der Waals surface area (Å²) in [5, 5.41) is 14.3. The zero-order valence-electron chi connectivity index (χ0n) is 19.2. The number of benzene rings is 1. The largest absolute Gasteiger partial charge is 0.391 e. The third-order valence-electron chi connectivity index (χ3n) is 9.80. The quantitative estimate of drug-likeness (QED) is 0.732. The molecule has 4 aliphatic rings. The Kier molecular flexibility index (Phi) is 5.14. The van der Waals surface area contributed by atoms with Gasteiger partial charge in [0.2, 0.25) is 0 Å². The number of aliphatic hydroxyl groups excluding tert-OH is 1. The maximum Gasteiger partial charge on any atom is 0.133 e. The minimum atomic E-state index is -0.265. The summed E-state index contributed by atoms with van der Waals surface area (Å²) >= 11 is 0. The number of Topliss-reactive ketones (excluding diaryl/α,β-unsaturated/α-hetero) is 1. The number of rotatable bonds is 2. The predicted molar refractivity (Wildman–Crippen MR) is 121 cm³/mol. The van der Waals surface area contributed by atoms with E-state index in [-0.39, 0.29) is 12.1 Å².